The molecule has 3 N–H and O–H groups in total. The maximum absolute atomic E-state index is 15.0. The second-order valence-electron chi connectivity index (χ2n) is 11.6. The van der Waals surface area contributed by atoms with Gasteiger partial charge in [0.05, 0.1) is 11.1 Å². The third-order valence-electron chi connectivity index (χ3n) is 8.65. The molecule has 7 rings (SSSR count). The highest BCUT2D eigenvalue weighted by molar-refractivity contribution is 6.07. The molecule has 11 nitrogen and oxygen atoms in total. The van der Waals surface area contributed by atoms with E-state index in [1.165, 1.54) is 11.0 Å². The fourth-order valence-electron chi connectivity index (χ4n) is 6.25. The van der Waals surface area contributed by atoms with Gasteiger partial charge in [0.15, 0.2) is 0 Å². The average molecular weight is 633 g/mol. The summed E-state index contributed by atoms with van der Waals surface area (Å²) < 4.78 is 16.9. The van der Waals surface area contributed by atoms with Crippen molar-refractivity contribution in [1.82, 2.24) is 30.4 Å². The maximum atomic E-state index is 15.0. The van der Waals surface area contributed by atoms with E-state index in [4.69, 9.17) is 0 Å². The largest absolute Gasteiger partial charge is 0.350 e. The molecule has 0 saturated carbocycles. The molecule has 2 aromatic heterocycles. The molecule has 47 heavy (non-hydrogen) atoms. The van der Waals surface area contributed by atoms with Crippen LogP contribution in [-0.2, 0) is 40.6 Å². The van der Waals surface area contributed by atoms with E-state index < -0.39 is 35.5 Å². The highest BCUT2D eigenvalue weighted by Crippen LogP contribution is 2.30. The van der Waals surface area contributed by atoms with Crippen molar-refractivity contribution in [2.45, 2.75) is 45.1 Å². The number of pyridine rings is 1. The van der Waals surface area contributed by atoms with Gasteiger partial charge in [-0.05, 0) is 53.4 Å². The van der Waals surface area contributed by atoms with Crippen molar-refractivity contribution < 1.29 is 28.4 Å². The molecule has 1 unspecified atom stereocenters. The lowest BCUT2D eigenvalue weighted by molar-refractivity contribution is -0.137. The van der Waals surface area contributed by atoms with Gasteiger partial charge in [0.1, 0.15) is 24.1 Å². The van der Waals surface area contributed by atoms with Crippen molar-refractivity contribution in [3.63, 3.8) is 0 Å². The van der Waals surface area contributed by atoms with Crippen LogP contribution < -0.4 is 16.0 Å². The molecule has 1 atom stereocenters. The molecule has 5 aromatic rings. The minimum absolute atomic E-state index is 0.0362. The van der Waals surface area contributed by atoms with Crippen LogP contribution in [0.1, 0.15) is 50.2 Å². The van der Waals surface area contributed by atoms with Gasteiger partial charge in [-0.25, -0.2) is 9.37 Å². The standard InChI is InChI=1S/C35H29FN6O5/c36-27-15-25-22(18-42(35(25)47)29-11-12-30(43)40-34(29)46)14-26(27)33(45)39-17-21-9-7-20(8-10-21)16-38-31(44)19-41-28-6-2-1-4-23(28)24-5-3-13-37-32(24)41/h1-10,13-15,29H,11-12,16-19H2,(H,38,44)(H,39,45)(H,40,43,46). The molecule has 2 aliphatic heterocycles. The van der Waals surface area contributed by atoms with Crippen molar-refractivity contribution in [2.24, 2.45) is 0 Å². The Morgan fingerprint density at radius 3 is 2.40 bits per heavy atom. The van der Waals surface area contributed by atoms with Gasteiger partial charge in [-0.15, -0.1) is 0 Å². The van der Waals surface area contributed by atoms with Crippen LogP contribution in [0.3, 0.4) is 0 Å². The fourth-order valence-corrected chi connectivity index (χ4v) is 6.25. The molecule has 0 aliphatic carbocycles. The second kappa shape index (κ2) is 12.1. The number of carbonyl (C=O) groups is 5. The molecule has 3 aromatic carbocycles. The van der Waals surface area contributed by atoms with Gasteiger partial charge in [-0.3, -0.25) is 29.3 Å². The molecule has 1 fully saturated rings. The van der Waals surface area contributed by atoms with Crippen LogP contribution in [0.2, 0.25) is 0 Å². The van der Waals surface area contributed by atoms with Gasteiger partial charge < -0.3 is 20.1 Å². The van der Waals surface area contributed by atoms with Gasteiger partial charge in [0.2, 0.25) is 17.7 Å². The Balaban J connectivity index is 0.944. The zero-order valence-electron chi connectivity index (χ0n) is 25.1. The van der Waals surface area contributed by atoms with Gasteiger partial charge in [0.25, 0.3) is 11.8 Å². The van der Waals surface area contributed by atoms with E-state index in [0.717, 1.165) is 39.1 Å². The molecule has 12 heteroatoms. The number of imide groups is 1. The molecule has 236 valence electrons. The topological polar surface area (TPSA) is 142 Å². The number of hydrogen-bond acceptors (Lipinski definition) is 6. The van der Waals surface area contributed by atoms with Crippen molar-refractivity contribution >= 4 is 51.5 Å². The number of nitrogens with zero attached hydrogens (tertiary/aromatic N) is 3. The highest BCUT2D eigenvalue weighted by Gasteiger charge is 2.39. The van der Waals surface area contributed by atoms with Crippen LogP contribution in [0.25, 0.3) is 21.9 Å². The lowest BCUT2D eigenvalue weighted by atomic mass is 10.0. The lowest BCUT2D eigenvalue weighted by Crippen LogP contribution is -2.52. The molecule has 2 aliphatic rings. The predicted octanol–water partition coefficient (Wildman–Crippen LogP) is 3.34. The first-order chi connectivity index (χ1) is 22.8. The summed E-state index contributed by atoms with van der Waals surface area (Å²) in [7, 11) is 0. The Bertz CT molecular complexity index is 2050. The van der Waals surface area contributed by atoms with Crippen molar-refractivity contribution in [1.29, 1.82) is 0 Å². The van der Waals surface area contributed by atoms with Crippen LogP contribution in [-0.4, -0.2) is 50.0 Å². The Labute approximate surface area is 267 Å². The Morgan fingerprint density at radius 2 is 1.64 bits per heavy atom. The molecule has 5 amide bonds. The van der Waals surface area contributed by atoms with Crippen LogP contribution in [0.5, 0.6) is 0 Å². The molecule has 0 bridgehead atoms. The SMILES string of the molecule is O=C(Cn1c2ccccc2c2cccnc21)NCc1ccc(CNC(=O)c2cc3c(cc2F)C(=O)N(C2CCC(=O)NC2=O)C3)cc1. The van der Waals surface area contributed by atoms with E-state index in [9.17, 15) is 28.4 Å². The quantitative estimate of drug-likeness (QED) is 0.224. The number of benzene rings is 3. The first-order valence-electron chi connectivity index (χ1n) is 15.2. The minimum atomic E-state index is -0.845. The number of aromatic nitrogens is 2. The molecule has 1 saturated heterocycles. The first kappa shape index (κ1) is 29.8. The lowest BCUT2D eigenvalue weighted by Gasteiger charge is -2.29. The maximum Gasteiger partial charge on any atom is 0.255 e. The number of nitrogens with one attached hydrogen (secondary N) is 3. The summed E-state index contributed by atoms with van der Waals surface area (Å²) in [4.78, 5) is 68.3. The number of carbonyl (C=O) groups excluding carboxylic acids is 5. The molecule has 0 spiro atoms. The number of para-hydroxylation sites is 1. The molecule has 0 radical (unpaired) electrons. The van der Waals surface area contributed by atoms with Crippen LogP contribution in [0, 0.1) is 5.82 Å². The monoisotopic (exact) mass is 632 g/mol. The Morgan fingerprint density at radius 1 is 0.915 bits per heavy atom. The highest BCUT2D eigenvalue weighted by atomic mass is 19.1. The summed E-state index contributed by atoms with van der Waals surface area (Å²) in [5, 5.41) is 9.92. The normalized spacial score (nSPS) is 16.0. The summed E-state index contributed by atoms with van der Waals surface area (Å²) in [6.07, 6.45) is 2.00. The summed E-state index contributed by atoms with van der Waals surface area (Å²) >= 11 is 0. The van der Waals surface area contributed by atoms with E-state index >= 15 is 0 Å². The summed E-state index contributed by atoms with van der Waals surface area (Å²) in [6, 6.07) is 20.6. The van der Waals surface area contributed by atoms with E-state index in [2.05, 4.69) is 20.9 Å². The average Bonchev–Trinajstić information content (AvgIpc) is 3.56. The van der Waals surface area contributed by atoms with E-state index in [-0.39, 0.29) is 49.5 Å². The number of piperidine rings is 1. The summed E-state index contributed by atoms with van der Waals surface area (Å²) in [5.74, 6) is -3.12. The van der Waals surface area contributed by atoms with Gasteiger partial charge in [-0.2, -0.15) is 0 Å². The number of hydrogen-bond donors (Lipinski definition) is 3. The zero-order chi connectivity index (χ0) is 32.7. The summed E-state index contributed by atoms with van der Waals surface area (Å²) in [5.41, 5.74) is 3.64. The molecular weight excluding hydrogens is 603 g/mol. The van der Waals surface area contributed by atoms with E-state index in [0.29, 0.717) is 12.1 Å². The van der Waals surface area contributed by atoms with E-state index in [1.807, 2.05) is 65.2 Å². The third kappa shape index (κ3) is 5.69. The smallest absolute Gasteiger partial charge is 0.255 e. The molecule has 4 heterocycles. The van der Waals surface area contributed by atoms with Crippen LogP contribution in [0.4, 0.5) is 4.39 Å². The number of fused-ring (bicyclic) bond motifs is 4. The van der Waals surface area contributed by atoms with Crippen molar-refractivity contribution in [3.8, 4) is 0 Å². The predicted molar refractivity (Wildman–Crippen MR) is 169 cm³/mol. The minimum Gasteiger partial charge on any atom is -0.350 e. The Kier molecular flexibility index (Phi) is 7.68. The van der Waals surface area contributed by atoms with Crippen molar-refractivity contribution in [2.75, 3.05) is 0 Å². The zero-order valence-corrected chi connectivity index (χ0v) is 25.1. The van der Waals surface area contributed by atoms with E-state index in [1.54, 1.807) is 6.20 Å². The third-order valence-corrected chi connectivity index (χ3v) is 8.65. The second-order valence-corrected chi connectivity index (χ2v) is 11.6. The van der Waals surface area contributed by atoms with Crippen LogP contribution >= 0.6 is 0 Å². The van der Waals surface area contributed by atoms with Gasteiger partial charge in [-0.1, -0.05) is 42.5 Å². The fraction of sp³-hybridized carbons (Fsp3) is 0.200. The summed E-state index contributed by atoms with van der Waals surface area (Å²) in [6.45, 7) is 0.594. The number of halogens is 1. The first-order valence-corrected chi connectivity index (χ1v) is 15.2. The molecular formula is C35H29FN6O5. The number of amides is 5. The van der Waals surface area contributed by atoms with Gasteiger partial charge in [0, 0.05) is 48.6 Å². The number of rotatable bonds is 8. The van der Waals surface area contributed by atoms with Gasteiger partial charge >= 0.3 is 0 Å². The van der Waals surface area contributed by atoms with Crippen molar-refractivity contribution in [3.05, 3.63) is 113 Å². The van der Waals surface area contributed by atoms with Crippen LogP contribution in [0.15, 0.2) is 79.0 Å². The Hall–Kier alpha value is -5.91.